The second-order valence-corrected chi connectivity index (χ2v) is 5.65. The van der Waals surface area contributed by atoms with Gasteiger partial charge in [0.2, 0.25) is 0 Å². The van der Waals surface area contributed by atoms with Gasteiger partial charge in [0.15, 0.2) is 0 Å². The van der Waals surface area contributed by atoms with E-state index in [2.05, 4.69) is 33.4 Å². The Hall–Kier alpha value is -0.850. The lowest BCUT2D eigenvalue weighted by Crippen LogP contribution is -2.22. The molecule has 1 aliphatic rings. The minimum Gasteiger partial charge on any atom is -0.298 e. The van der Waals surface area contributed by atoms with Gasteiger partial charge in [-0.2, -0.15) is 0 Å². The summed E-state index contributed by atoms with van der Waals surface area (Å²) < 4.78 is 0. The molecular weight excluding hydrogens is 184 g/mol. The Morgan fingerprint density at radius 3 is 2.67 bits per heavy atom. The van der Waals surface area contributed by atoms with Crippen molar-refractivity contribution in [1.82, 2.24) is 0 Å². The summed E-state index contributed by atoms with van der Waals surface area (Å²) in [7, 11) is 0. The Morgan fingerprint density at radius 1 is 1.60 bits per heavy atom. The van der Waals surface area contributed by atoms with E-state index in [-0.39, 0.29) is 0 Å². The molecule has 0 bridgehead atoms. The topological polar surface area (TPSA) is 17.1 Å². The largest absolute Gasteiger partial charge is 0.298 e. The molecule has 0 saturated heterocycles. The number of allylic oxidation sites excluding steroid dienone is 3. The first-order valence-electron chi connectivity index (χ1n) is 5.74. The van der Waals surface area contributed by atoms with Crippen molar-refractivity contribution in [2.75, 3.05) is 0 Å². The first-order chi connectivity index (χ1) is 6.93. The Kier molecular flexibility index (Phi) is 3.90. The van der Waals surface area contributed by atoms with E-state index in [9.17, 15) is 4.79 Å². The summed E-state index contributed by atoms with van der Waals surface area (Å²) >= 11 is 0. The van der Waals surface area contributed by atoms with Crippen molar-refractivity contribution in [2.24, 2.45) is 11.3 Å². The van der Waals surface area contributed by atoms with Crippen LogP contribution in [0.4, 0.5) is 0 Å². The van der Waals surface area contributed by atoms with E-state index in [1.807, 2.05) is 0 Å². The molecule has 1 unspecified atom stereocenters. The standard InChI is InChI=1S/C14H22O/c1-11(10-15)9-12-5-7-13(8-6-12)14(2,3)4/h5,10,13H,1,6-9H2,2-4H3. The Labute approximate surface area is 93.3 Å². The third-order valence-corrected chi connectivity index (χ3v) is 3.35. The summed E-state index contributed by atoms with van der Waals surface area (Å²) in [5, 5.41) is 0. The quantitative estimate of drug-likeness (QED) is 0.389. The van der Waals surface area contributed by atoms with Gasteiger partial charge in [-0.25, -0.2) is 0 Å². The maximum absolute atomic E-state index is 10.5. The summed E-state index contributed by atoms with van der Waals surface area (Å²) in [6, 6.07) is 0. The molecule has 0 aliphatic heterocycles. The van der Waals surface area contributed by atoms with Crippen LogP contribution in [0.2, 0.25) is 0 Å². The van der Waals surface area contributed by atoms with Gasteiger partial charge in [0.25, 0.3) is 0 Å². The molecule has 0 aromatic carbocycles. The number of hydrogen-bond acceptors (Lipinski definition) is 1. The maximum Gasteiger partial charge on any atom is 0.145 e. The average molecular weight is 206 g/mol. The first kappa shape index (κ1) is 12.2. The Balaban J connectivity index is 2.52. The van der Waals surface area contributed by atoms with Crippen molar-refractivity contribution < 1.29 is 4.79 Å². The fourth-order valence-electron chi connectivity index (χ4n) is 2.17. The number of rotatable bonds is 3. The third kappa shape index (κ3) is 3.65. The molecule has 84 valence electrons. The maximum atomic E-state index is 10.5. The Morgan fingerprint density at radius 2 is 2.27 bits per heavy atom. The SMILES string of the molecule is C=C(C=O)CC1=CCC(C(C)(C)C)CC1. The molecule has 1 aliphatic carbocycles. The van der Waals surface area contributed by atoms with Gasteiger partial charge in [-0.3, -0.25) is 4.79 Å². The normalized spacial score (nSPS) is 22.1. The van der Waals surface area contributed by atoms with E-state index in [0.29, 0.717) is 11.0 Å². The second-order valence-electron chi connectivity index (χ2n) is 5.65. The van der Waals surface area contributed by atoms with Crippen LogP contribution in [0.1, 0.15) is 46.5 Å². The molecule has 0 aromatic rings. The monoisotopic (exact) mass is 206 g/mol. The third-order valence-electron chi connectivity index (χ3n) is 3.35. The predicted octanol–water partition coefficient (Wildman–Crippen LogP) is 3.90. The summed E-state index contributed by atoms with van der Waals surface area (Å²) in [6.07, 6.45) is 7.51. The summed E-state index contributed by atoms with van der Waals surface area (Å²) in [4.78, 5) is 10.5. The first-order valence-corrected chi connectivity index (χ1v) is 5.74. The van der Waals surface area contributed by atoms with Gasteiger partial charge < -0.3 is 0 Å². The summed E-state index contributed by atoms with van der Waals surface area (Å²) in [5.74, 6) is 0.783. The highest BCUT2D eigenvalue weighted by Gasteiger charge is 2.25. The Bertz CT molecular complexity index is 278. The fourth-order valence-corrected chi connectivity index (χ4v) is 2.17. The zero-order chi connectivity index (χ0) is 11.5. The minimum atomic E-state index is 0.406. The van der Waals surface area contributed by atoms with E-state index in [4.69, 9.17) is 0 Å². The second kappa shape index (κ2) is 4.78. The molecule has 0 spiro atoms. The van der Waals surface area contributed by atoms with Gasteiger partial charge in [-0.15, -0.1) is 0 Å². The highest BCUT2D eigenvalue weighted by Crippen LogP contribution is 2.38. The van der Waals surface area contributed by atoms with Crippen molar-refractivity contribution in [3.8, 4) is 0 Å². The van der Waals surface area contributed by atoms with E-state index < -0.39 is 0 Å². The van der Waals surface area contributed by atoms with Gasteiger partial charge in [0.05, 0.1) is 0 Å². The molecule has 1 heteroatoms. The van der Waals surface area contributed by atoms with Gasteiger partial charge in [0.1, 0.15) is 6.29 Å². The van der Waals surface area contributed by atoms with E-state index in [0.717, 1.165) is 31.5 Å². The molecule has 1 rings (SSSR count). The van der Waals surface area contributed by atoms with Crippen LogP contribution >= 0.6 is 0 Å². The summed E-state index contributed by atoms with van der Waals surface area (Å²) in [5.41, 5.74) is 2.51. The van der Waals surface area contributed by atoms with Crippen LogP contribution in [0, 0.1) is 11.3 Å². The van der Waals surface area contributed by atoms with Crippen LogP contribution in [0.25, 0.3) is 0 Å². The molecular formula is C14H22O. The van der Waals surface area contributed by atoms with Gasteiger partial charge in [-0.1, -0.05) is 39.0 Å². The lowest BCUT2D eigenvalue weighted by atomic mass is 9.72. The van der Waals surface area contributed by atoms with Crippen LogP contribution < -0.4 is 0 Å². The van der Waals surface area contributed by atoms with Crippen molar-refractivity contribution in [3.63, 3.8) is 0 Å². The van der Waals surface area contributed by atoms with Gasteiger partial charge in [-0.05, 0) is 42.6 Å². The van der Waals surface area contributed by atoms with Crippen molar-refractivity contribution in [1.29, 1.82) is 0 Å². The van der Waals surface area contributed by atoms with Crippen LogP contribution in [-0.2, 0) is 4.79 Å². The van der Waals surface area contributed by atoms with E-state index >= 15 is 0 Å². The fraction of sp³-hybridized carbons (Fsp3) is 0.643. The summed E-state index contributed by atoms with van der Waals surface area (Å²) in [6.45, 7) is 10.6. The lowest BCUT2D eigenvalue weighted by Gasteiger charge is -2.33. The number of hydrogen-bond donors (Lipinski definition) is 0. The van der Waals surface area contributed by atoms with Gasteiger partial charge in [0, 0.05) is 0 Å². The van der Waals surface area contributed by atoms with E-state index in [1.165, 1.54) is 12.0 Å². The molecule has 1 nitrogen and oxygen atoms in total. The van der Waals surface area contributed by atoms with Crippen molar-refractivity contribution >= 4 is 6.29 Å². The van der Waals surface area contributed by atoms with Crippen LogP contribution in [0.5, 0.6) is 0 Å². The molecule has 1 atom stereocenters. The predicted molar refractivity (Wildman–Crippen MR) is 64.7 cm³/mol. The van der Waals surface area contributed by atoms with E-state index in [1.54, 1.807) is 0 Å². The van der Waals surface area contributed by atoms with Crippen LogP contribution in [0.15, 0.2) is 23.8 Å². The highest BCUT2D eigenvalue weighted by molar-refractivity contribution is 5.72. The molecule has 0 N–H and O–H groups in total. The molecule has 15 heavy (non-hydrogen) atoms. The smallest absolute Gasteiger partial charge is 0.145 e. The molecule has 0 aromatic heterocycles. The van der Waals surface area contributed by atoms with Crippen LogP contribution in [0.3, 0.4) is 0 Å². The average Bonchev–Trinajstić information content (AvgIpc) is 2.17. The molecule has 0 amide bonds. The molecule has 0 fully saturated rings. The molecule has 0 radical (unpaired) electrons. The zero-order valence-corrected chi connectivity index (χ0v) is 10.2. The molecule has 0 saturated carbocycles. The van der Waals surface area contributed by atoms with Crippen molar-refractivity contribution in [2.45, 2.75) is 46.5 Å². The number of carbonyl (C=O) groups is 1. The van der Waals surface area contributed by atoms with Crippen LogP contribution in [-0.4, -0.2) is 6.29 Å². The number of carbonyl (C=O) groups excluding carboxylic acids is 1. The number of aldehydes is 1. The lowest BCUT2D eigenvalue weighted by molar-refractivity contribution is -0.105. The minimum absolute atomic E-state index is 0.406. The molecule has 0 heterocycles. The zero-order valence-electron chi connectivity index (χ0n) is 10.2. The highest BCUT2D eigenvalue weighted by atomic mass is 16.1. The van der Waals surface area contributed by atoms with Crippen molar-refractivity contribution in [3.05, 3.63) is 23.8 Å². The van der Waals surface area contributed by atoms with Gasteiger partial charge >= 0.3 is 0 Å².